The fourth-order valence-corrected chi connectivity index (χ4v) is 8.61. The second-order valence-electron chi connectivity index (χ2n) is 19.2. The number of ether oxygens (including phenoxy) is 2. The van der Waals surface area contributed by atoms with E-state index in [1.807, 2.05) is 0 Å². The van der Waals surface area contributed by atoms with Gasteiger partial charge >= 0.3 is 23.9 Å². The van der Waals surface area contributed by atoms with Crippen LogP contribution in [-0.2, 0) is 43.0 Å². The number of nitrogens with one attached hydrogen (secondary N) is 2. The molecular weight excluding hydrogens is 899 g/mol. The number of nitrogens with zero attached hydrogens (tertiary/aromatic N) is 1. The number of hydrogen-bond donors (Lipinski definition) is 5. The Morgan fingerprint density at radius 1 is 0.507 bits per heavy atom. The van der Waals surface area contributed by atoms with E-state index in [4.69, 9.17) is 9.47 Å². The van der Waals surface area contributed by atoms with Crippen LogP contribution in [0.1, 0.15) is 259 Å². The van der Waals surface area contributed by atoms with E-state index in [0.29, 0.717) is 19.3 Å². The summed E-state index contributed by atoms with van der Waals surface area (Å²) in [5, 5.41) is 24.1. The minimum atomic E-state index is -1.57. The van der Waals surface area contributed by atoms with E-state index in [9.17, 15) is 43.8 Å². The Morgan fingerprint density at radius 3 is 1.29 bits per heavy atom. The first-order chi connectivity index (χ1) is 33.3. The molecule has 0 radical (unpaired) electrons. The van der Waals surface area contributed by atoms with Crippen molar-refractivity contribution < 1.29 is 53.2 Å². The number of carbonyl (C=O) groups excluding carboxylic acids is 5. The van der Waals surface area contributed by atoms with E-state index in [2.05, 4.69) is 44.0 Å². The lowest BCUT2D eigenvalue weighted by atomic mass is 10.0. The summed E-state index contributed by atoms with van der Waals surface area (Å²) in [6, 6.07) is -4.16. The first-order valence-corrected chi connectivity index (χ1v) is 28.2. The van der Waals surface area contributed by atoms with Crippen LogP contribution < -0.4 is 10.6 Å². The zero-order valence-electron chi connectivity index (χ0n) is 43.8. The molecule has 0 rings (SSSR count). The van der Waals surface area contributed by atoms with E-state index in [-0.39, 0.29) is 30.9 Å². The summed E-state index contributed by atoms with van der Waals surface area (Å²) >= 11 is 4.39. The van der Waals surface area contributed by atoms with Gasteiger partial charge in [0.2, 0.25) is 17.7 Å². The minimum absolute atomic E-state index is 0.0983. The average molecular weight is 998 g/mol. The Kier molecular flexibility index (Phi) is 43.5. The van der Waals surface area contributed by atoms with Crippen molar-refractivity contribution in [3.8, 4) is 0 Å². The fraction of sp³-hybridized carbons (Fsp3) is 0.870. The molecule has 0 aromatic rings. The lowest BCUT2D eigenvalue weighted by Crippen LogP contribution is -2.59. The molecule has 0 heterocycles. The number of esters is 2. The molecular formula is C54H99N3O11S. The molecule has 3 amide bonds. The number of hydrogen-bond acceptors (Lipinski definition) is 10. The molecule has 0 saturated heterocycles. The van der Waals surface area contributed by atoms with Crippen molar-refractivity contribution in [3.63, 3.8) is 0 Å². The SMILES string of the molecule is CCCCCCCCCCCCCCCC(=O)N[C@@H](CS)C(=O)N(C[C@H](COC(=O)CCCCCCCCCCC)OC(=O)CCCCCCCCCCC)[C@@H](C)C(=O)N[C@H](CCC(=O)O)C(=O)O. The van der Waals surface area contributed by atoms with Crippen molar-refractivity contribution in [3.05, 3.63) is 0 Å². The van der Waals surface area contributed by atoms with E-state index >= 15 is 0 Å². The van der Waals surface area contributed by atoms with Crippen LogP contribution in [0.3, 0.4) is 0 Å². The molecule has 0 aromatic heterocycles. The van der Waals surface area contributed by atoms with Gasteiger partial charge in [0.1, 0.15) is 24.7 Å². The summed E-state index contributed by atoms with van der Waals surface area (Å²) in [7, 11) is 0. The number of amides is 3. The summed E-state index contributed by atoms with van der Waals surface area (Å²) < 4.78 is 11.5. The highest BCUT2D eigenvalue weighted by molar-refractivity contribution is 7.80. The lowest BCUT2D eigenvalue weighted by Gasteiger charge is -2.34. The number of carboxylic acid groups (broad SMARTS) is 2. The third kappa shape index (κ3) is 38.1. The first-order valence-electron chi connectivity index (χ1n) is 27.6. The van der Waals surface area contributed by atoms with Gasteiger partial charge in [0.15, 0.2) is 6.10 Å². The van der Waals surface area contributed by atoms with Gasteiger partial charge in [0, 0.05) is 31.4 Å². The Morgan fingerprint density at radius 2 is 0.899 bits per heavy atom. The molecule has 69 heavy (non-hydrogen) atoms. The Hall–Kier alpha value is -3.36. The van der Waals surface area contributed by atoms with Gasteiger partial charge in [-0.15, -0.1) is 0 Å². The smallest absolute Gasteiger partial charge is 0.326 e. The molecule has 4 atom stereocenters. The van der Waals surface area contributed by atoms with Crippen molar-refractivity contribution in [2.24, 2.45) is 0 Å². The van der Waals surface area contributed by atoms with Crippen molar-refractivity contribution in [2.45, 2.75) is 283 Å². The van der Waals surface area contributed by atoms with Crippen LogP contribution in [0.2, 0.25) is 0 Å². The molecule has 0 aliphatic heterocycles. The van der Waals surface area contributed by atoms with Gasteiger partial charge in [-0.25, -0.2) is 4.79 Å². The van der Waals surface area contributed by atoms with Crippen LogP contribution in [-0.4, -0.2) is 99.8 Å². The summed E-state index contributed by atoms with van der Waals surface area (Å²) in [5.74, 6) is -5.88. The van der Waals surface area contributed by atoms with Gasteiger partial charge in [-0.1, -0.05) is 201 Å². The van der Waals surface area contributed by atoms with Crippen LogP contribution >= 0.6 is 12.6 Å². The molecule has 0 unspecified atom stereocenters. The van der Waals surface area contributed by atoms with Gasteiger partial charge in [0.25, 0.3) is 0 Å². The van der Waals surface area contributed by atoms with Gasteiger partial charge in [-0.05, 0) is 32.6 Å². The molecule has 14 nitrogen and oxygen atoms in total. The van der Waals surface area contributed by atoms with Crippen molar-refractivity contribution in [2.75, 3.05) is 18.9 Å². The normalized spacial score (nSPS) is 12.9. The second kappa shape index (κ2) is 45.8. The number of aliphatic carboxylic acids is 2. The fourth-order valence-electron chi connectivity index (χ4n) is 8.36. The summed E-state index contributed by atoms with van der Waals surface area (Å²) in [6.07, 6.45) is 32.5. The highest BCUT2D eigenvalue weighted by atomic mass is 32.1. The van der Waals surface area contributed by atoms with Gasteiger partial charge in [-0.3, -0.25) is 28.8 Å². The van der Waals surface area contributed by atoms with Crippen LogP contribution in [0.4, 0.5) is 0 Å². The molecule has 4 N–H and O–H groups in total. The highest BCUT2D eigenvalue weighted by Gasteiger charge is 2.36. The lowest BCUT2D eigenvalue weighted by molar-refractivity contribution is -0.163. The Balaban J connectivity index is 5.96. The van der Waals surface area contributed by atoms with Gasteiger partial charge < -0.3 is 35.2 Å². The Labute approximate surface area is 423 Å². The number of carbonyl (C=O) groups is 7. The third-order valence-electron chi connectivity index (χ3n) is 12.8. The number of carboxylic acids is 2. The topological polar surface area (TPSA) is 206 Å². The molecule has 0 aromatic carbocycles. The maximum absolute atomic E-state index is 14.4. The third-order valence-corrected chi connectivity index (χ3v) is 13.2. The molecule has 0 spiro atoms. The molecule has 402 valence electrons. The van der Waals surface area contributed by atoms with Crippen LogP contribution in [0, 0.1) is 0 Å². The predicted molar refractivity (Wildman–Crippen MR) is 278 cm³/mol. The van der Waals surface area contributed by atoms with Crippen LogP contribution in [0.5, 0.6) is 0 Å². The molecule has 0 aliphatic carbocycles. The zero-order chi connectivity index (χ0) is 51.3. The van der Waals surface area contributed by atoms with Gasteiger partial charge in [0.05, 0.1) is 6.54 Å². The maximum atomic E-state index is 14.4. The summed E-state index contributed by atoms with van der Waals surface area (Å²) in [4.78, 5) is 92.1. The molecule has 0 fully saturated rings. The monoisotopic (exact) mass is 998 g/mol. The minimum Gasteiger partial charge on any atom is -0.481 e. The molecule has 0 bridgehead atoms. The standard InChI is InChI=1S/C54H99N3O11S/c1-5-8-11-14-17-20-21-22-23-26-27-30-33-36-48(58)55-47(43-69)53(64)57(44(4)52(63)56-46(54(65)66)39-40-49(59)60)41-45(68-51(62)38-35-32-29-25-19-16-13-10-7-3)42-67-50(61)37-34-31-28-24-18-15-12-9-6-2/h44-47,69H,5-43H2,1-4H3,(H,55,58)(H,56,63)(H,59,60)(H,65,66)/t44-,45+,46+,47-/m0/s1. The zero-order valence-corrected chi connectivity index (χ0v) is 44.7. The van der Waals surface area contributed by atoms with E-state index in [1.54, 1.807) is 0 Å². The van der Waals surface area contributed by atoms with Crippen molar-refractivity contribution in [1.29, 1.82) is 0 Å². The van der Waals surface area contributed by atoms with Gasteiger partial charge in [-0.2, -0.15) is 12.6 Å². The number of unbranched alkanes of at least 4 members (excludes halogenated alkanes) is 28. The highest BCUT2D eigenvalue weighted by Crippen LogP contribution is 2.17. The van der Waals surface area contributed by atoms with E-state index < -0.39 is 85.9 Å². The number of rotatable bonds is 49. The number of thiol groups is 1. The first kappa shape index (κ1) is 65.6. The Bertz CT molecular complexity index is 1370. The molecule has 0 saturated carbocycles. The van der Waals surface area contributed by atoms with Crippen LogP contribution in [0.25, 0.3) is 0 Å². The van der Waals surface area contributed by atoms with E-state index in [0.717, 1.165) is 69.1 Å². The maximum Gasteiger partial charge on any atom is 0.326 e. The second-order valence-corrected chi connectivity index (χ2v) is 19.6. The quantitative estimate of drug-likeness (QED) is 0.0220. The van der Waals surface area contributed by atoms with E-state index in [1.165, 1.54) is 122 Å². The largest absolute Gasteiger partial charge is 0.481 e. The van der Waals surface area contributed by atoms with Crippen molar-refractivity contribution >= 4 is 54.2 Å². The summed E-state index contributed by atoms with van der Waals surface area (Å²) in [6.45, 7) is 7.15. The van der Waals surface area contributed by atoms with Crippen molar-refractivity contribution in [1.82, 2.24) is 15.5 Å². The average Bonchev–Trinajstić information content (AvgIpc) is 3.32. The predicted octanol–water partition coefficient (Wildman–Crippen LogP) is 11.8. The molecule has 0 aliphatic rings. The molecule has 15 heteroatoms. The summed E-state index contributed by atoms with van der Waals surface area (Å²) in [5.41, 5.74) is 0. The van der Waals surface area contributed by atoms with Crippen LogP contribution in [0.15, 0.2) is 0 Å².